The van der Waals surface area contributed by atoms with E-state index in [4.69, 9.17) is 0 Å². The van der Waals surface area contributed by atoms with E-state index in [1.54, 1.807) is 0 Å². The smallest absolute Gasteiger partial charge is 0.390 e. The van der Waals surface area contributed by atoms with Gasteiger partial charge in [-0.3, -0.25) is 0 Å². The van der Waals surface area contributed by atoms with Gasteiger partial charge in [-0.1, -0.05) is 27.7 Å². The summed E-state index contributed by atoms with van der Waals surface area (Å²) in [5.41, 5.74) is 0.104. The van der Waals surface area contributed by atoms with Crippen LogP contribution in [0.3, 0.4) is 0 Å². The van der Waals surface area contributed by atoms with Crippen molar-refractivity contribution >= 4 is 0 Å². The molecule has 0 aliphatic heterocycles. The number of rotatable bonds is 5. The molecular weight excluding hydrogens is 413 g/mol. The van der Waals surface area contributed by atoms with Crippen molar-refractivity contribution in [2.45, 2.75) is 123 Å². The van der Waals surface area contributed by atoms with Gasteiger partial charge in [0, 0.05) is 0 Å². The Morgan fingerprint density at radius 3 is 2.25 bits per heavy atom. The molecule has 2 unspecified atom stereocenters. The molecule has 32 heavy (non-hydrogen) atoms. The van der Waals surface area contributed by atoms with Gasteiger partial charge < -0.3 is 10.2 Å². The number of aliphatic hydroxyl groups excluding tert-OH is 1. The fourth-order valence-corrected chi connectivity index (χ4v) is 9.40. The number of aliphatic hydroxyl groups is 2. The summed E-state index contributed by atoms with van der Waals surface area (Å²) in [6, 6.07) is 0. The normalized spacial score (nSPS) is 48.5. The van der Waals surface area contributed by atoms with E-state index in [0.717, 1.165) is 43.9 Å². The summed E-state index contributed by atoms with van der Waals surface area (Å²) >= 11 is 0. The highest BCUT2D eigenvalue weighted by molar-refractivity contribution is 5.10. The minimum absolute atomic E-state index is 0.173. The van der Waals surface area contributed by atoms with Crippen LogP contribution in [0.15, 0.2) is 0 Å². The minimum atomic E-state index is -4.50. The first-order valence-corrected chi connectivity index (χ1v) is 13.3. The van der Waals surface area contributed by atoms with Crippen molar-refractivity contribution in [1.82, 2.24) is 0 Å². The third-order valence-corrected chi connectivity index (χ3v) is 11.5. The molecule has 0 heterocycles. The van der Waals surface area contributed by atoms with Gasteiger partial charge in [-0.2, -0.15) is 13.2 Å². The zero-order chi connectivity index (χ0) is 23.5. The van der Waals surface area contributed by atoms with Gasteiger partial charge >= 0.3 is 6.18 Å². The Labute approximate surface area is 192 Å². The quantitative estimate of drug-likeness (QED) is 0.460. The summed E-state index contributed by atoms with van der Waals surface area (Å²) in [6.07, 6.45) is 4.76. The second kappa shape index (κ2) is 8.43. The van der Waals surface area contributed by atoms with E-state index >= 15 is 0 Å². The van der Waals surface area contributed by atoms with Crippen LogP contribution in [0.1, 0.15) is 105 Å². The summed E-state index contributed by atoms with van der Waals surface area (Å²) in [5.74, 6) is 3.48. The molecule has 0 bridgehead atoms. The lowest BCUT2D eigenvalue weighted by molar-refractivity contribution is -0.206. The van der Waals surface area contributed by atoms with Gasteiger partial charge in [0.25, 0.3) is 0 Å². The standard InChI is InChI=1S/C27H45F3O2/c1-5-26(32)15-14-24(3)18(16-26)7-8-19-21-10-9-20(25(21,4)13-12-22(19)24)17(2)6-11-23(31)27(28,29)30/h17-23,31-32H,5-16H2,1-4H3/t17-,18-,19+,20-,21+,22+,23?,24?,25-,26+/m1/s1. The Morgan fingerprint density at radius 1 is 0.906 bits per heavy atom. The van der Waals surface area contributed by atoms with E-state index in [0.29, 0.717) is 29.6 Å². The molecule has 4 aliphatic carbocycles. The Bertz CT molecular complexity index is 680. The number of fused-ring (bicyclic) bond motifs is 5. The van der Waals surface area contributed by atoms with E-state index in [1.165, 1.54) is 32.1 Å². The Balaban J connectivity index is 1.45. The van der Waals surface area contributed by atoms with Gasteiger partial charge in [0.05, 0.1) is 5.60 Å². The van der Waals surface area contributed by atoms with Gasteiger partial charge in [-0.05, 0) is 123 Å². The summed E-state index contributed by atoms with van der Waals surface area (Å²) < 4.78 is 38.3. The van der Waals surface area contributed by atoms with E-state index in [1.807, 2.05) is 0 Å². The lowest BCUT2D eigenvalue weighted by atomic mass is 9.43. The third kappa shape index (κ3) is 4.06. The van der Waals surface area contributed by atoms with Crippen LogP contribution < -0.4 is 0 Å². The second-order valence-corrected chi connectivity index (χ2v) is 12.8. The number of halogens is 3. The summed E-state index contributed by atoms with van der Waals surface area (Å²) in [5, 5.41) is 20.4. The number of alkyl halides is 3. The van der Waals surface area contributed by atoms with E-state index < -0.39 is 17.9 Å². The lowest BCUT2D eigenvalue weighted by Gasteiger charge is -2.62. The van der Waals surface area contributed by atoms with Gasteiger partial charge in [0.1, 0.15) is 6.10 Å². The maximum Gasteiger partial charge on any atom is 0.414 e. The Kier molecular flexibility index (Phi) is 6.54. The zero-order valence-corrected chi connectivity index (χ0v) is 20.6. The third-order valence-electron chi connectivity index (χ3n) is 11.5. The molecule has 2 N–H and O–H groups in total. The summed E-state index contributed by atoms with van der Waals surface area (Å²) in [4.78, 5) is 0. The van der Waals surface area contributed by atoms with Crippen LogP contribution in [0.25, 0.3) is 0 Å². The van der Waals surface area contributed by atoms with Crippen LogP contribution in [0.4, 0.5) is 13.2 Å². The van der Waals surface area contributed by atoms with E-state index in [9.17, 15) is 23.4 Å². The summed E-state index contributed by atoms with van der Waals surface area (Å²) in [7, 11) is 0. The predicted molar refractivity (Wildman–Crippen MR) is 121 cm³/mol. The Hall–Kier alpha value is -0.290. The molecule has 4 aliphatic rings. The SMILES string of the molecule is CC[C@]1(O)CCC2(C)[C@H](CC[C@@H]3[C@@H]2CC[C@]2(C)[C@@H]([C@H](C)CCC(O)C(F)(F)F)CC[C@@H]32)C1. The zero-order valence-electron chi connectivity index (χ0n) is 20.6. The molecule has 4 saturated carbocycles. The Morgan fingerprint density at radius 2 is 1.59 bits per heavy atom. The molecular formula is C27H45F3O2. The van der Waals surface area contributed by atoms with Crippen molar-refractivity contribution in [1.29, 1.82) is 0 Å². The second-order valence-electron chi connectivity index (χ2n) is 12.8. The molecule has 0 amide bonds. The summed E-state index contributed by atoms with van der Waals surface area (Å²) in [6.45, 7) is 9.19. The first kappa shape index (κ1) is 24.8. The highest BCUT2D eigenvalue weighted by Gasteiger charge is 2.61. The van der Waals surface area contributed by atoms with E-state index in [-0.39, 0.29) is 17.8 Å². The predicted octanol–water partition coefficient (Wildman–Crippen LogP) is 7.13. The van der Waals surface area contributed by atoms with Crippen LogP contribution >= 0.6 is 0 Å². The molecule has 0 aromatic heterocycles. The molecule has 0 spiro atoms. The molecule has 10 atom stereocenters. The molecule has 4 rings (SSSR count). The van der Waals surface area contributed by atoms with Crippen LogP contribution in [-0.2, 0) is 0 Å². The van der Waals surface area contributed by atoms with Crippen LogP contribution in [0, 0.1) is 46.3 Å². The van der Waals surface area contributed by atoms with Gasteiger partial charge in [-0.15, -0.1) is 0 Å². The van der Waals surface area contributed by atoms with Gasteiger partial charge in [0.15, 0.2) is 0 Å². The fourth-order valence-electron chi connectivity index (χ4n) is 9.40. The lowest BCUT2D eigenvalue weighted by Crippen LogP contribution is -2.56. The molecule has 0 aromatic carbocycles. The van der Waals surface area contributed by atoms with Gasteiger partial charge in [-0.25, -0.2) is 0 Å². The van der Waals surface area contributed by atoms with Crippen LogP contribution in [-0.4, -0.2) is 28.1 Å². The largest absolute Gasteiger partial charge is 0.414 e. The van der Waals surface area contributed by atoms with Crippen molar-refractivity contribution in [2.75, 3.05) is 0 Å². The first-order valence-electron chi connectivity index (χ1n) is 13.3. The maximum absolute atomic E-state index is 12.8. The van der Waals surface area contributed by atoms with Crippen molar-refractivity contribution in [3.63, 3.8) is 0 Å². The average Bonchev–Trinajstić information content (AvgIpc) is 3.09. The van der Waals surface area contributed by atoms with Crippen LogP contribution in [0.2, 0.25) is 0 Å². The fraction of sp³-hybridized carbons (Fsp3) is 1.00. The minimum Gasteiger partial charge on any atom is -0.390 e. The van der Waals surface area contributed by atoms with E-state index in [2.05, 4.69) is 27.7 Å². The topological polar surface area (TPSA) is 40.5 Å². The first-order chi connectivity index (χ1) is 14.8. The average molecular weight is 459 g/mol. The highest BCUT2D eigenvalue weighted by atomic mass is 19.4. The number of hydrogen-bond donors (Lipinski definition) is 2. The molecule has 4 fully saturated rings. The molecule has 5 heteroatoms. The maximum atomic E-state index is 12.8. The molecule has 0 radical (unpaired) electrons. The van der Waals surface area contributed by atoms with Crippen molar-refractivity contribution in [3.8, 4) is 0 Å². The molecule has 0 saturated heterocycles. The number of hydrogen-bond acceptors (Lipinski definition) is 2. The highest BCUT2D eigenvalue weighted by Crippen LogP contribution is 2.69. The van der Waals surface area contributed by atoms with Crippen molar-refractivity contribution in [2.24, 2.45) is 46.3 Å². The van der Waals surface area contributed by atoms with Crippen LogP contribution in [0.5, 0.6) is 0 Å². The molecule has 186 valence electrons. The monoisotopic (exact) mass is 458 g/mol. The van der Waals surface area contributed by atoms with Gasteiger partial charge in [0.2, 0.25) is 0 Å². The molecule has 2 nitrogen and oxygen atoms in total. The van der Waals surface area contributed by atoms with Crippen molar-refractivity contribution < 1.29 is 23.4 Å². The molecule has 0 aromatic rings. The van der Waals surface area contributed by atoms with Crippen molar-refractivity contribution in [3.05, 3.63) is 0 Å².